The highest BCUT2D eigenvalue weighted by atomic mass is 79.9. The zero-order valence-electron chi connectivity index (χ0n) is 12.4. The van der Waals surface area contributed by atoms with Crippen molar-refractivity contribution in [2.45, 2.75) is 19.1 Å². The Hall–Kier alpha value is -0.340. The molecule has 0 spiro atoms. The number of hydrogen-bond acceptors (Lipinski definition) is 5. The Labute approximate surface area is 142 Å². The van der Waals surface area contributed by atoms with Crippen molar-refractivity contribution in [2.75, 3.05) is 39.3 Å². The van der Waals surface area contributed by atoms with Crippen LogP contribution in [0.3, 0.4) is 0 Å². The van der Waals surface area contributed by atoms with E-state index in [4.69, 9.17) is 14.2 Å². The molecule has 0 radical (unpaired) electrons. The van der Waals surface area contributed by atoms with E-state index in [1.54, 1.807) is 14.2 Å². The van der Waals surface area contributed by atoms with Crippen LogP contribution < -0.4 is 10.1 Å². The summed E-state index contributed by atoms with van der Waals surface area (Å²) in [4.78, 5) is 0. The highest BCUT2D eigenvalue weighted by Crippen LogP contribution is 2.34. The van der Waals surface area contributed by atoms with Crippen molar-refractivity contribution in [3.8, 4) is 5.75 Å². The lowest BCUT2D eigenvalue weighted by molar-refractivity contribution is -0.0282. The second-order valence-electron chi connectivity index (χ2n) is 4.60. The number of ether oxygens (including phenoxy) is 3. The molecule has 2 N–H and O–H groups in total. The van der Waals surface area contributed by atoms with Gasteiger partial charge in [-0.1, -0.05) is 0 Å². The quantitative estimate of drug-likeness (QED) is 0.635. The predicted octanol–water partition coefficient (Wildman–Crippen LogP) is 3.04. The molecular weight excluding hydrogens is 406 g/mol. The van der Waals surface area contributed by atoms with E-state index in [0.717, 1.165) is 20.4 Å². The number of nitrogens with one attached hydrogen (secondary N) is 1. The van der Waals surface area contributed by atoms with Crippen LogP contribution in [0.2, 0.25) is 0 Å². The molecule has 0 aliphatic carbocycles. The van der Waals surface area contributed by atoms with Crippen LogP contribution in [0, 0.1) is 0 Å². The first-order valence-electron chi connectivity index (χ1n) is 6.53. The van der Waals surface area contributed by atoms with Crippen LogP contribution in [0.4, 0.5) is 5.69 Å². The molecule has 0 heterocycles. The molecule has 0 fully saturated rings. The van der Waals surface area contributed by atoms with E-state index in [-0.39, 0.29) is 12.7 Å². The average molecular weight is 427 g/mol. The van der Waals surface area contributed by atoms with Gasteiger partial charge in [-0.15, -0.1) is 0 Å². The fourth-order valence-electron chi connectivity index (χ4n) is 1.67. The van der Waals surface area contributed by atoms with Gasteiger partial charge >= 0.3 is 0 Å². The summed E-state index contributed by atoms with van der Waals surface area (Å²) >= 11 is 6.88. The molecule has 0 aliphatic heterocycles. The third-order valence-electron chi connectivity index (χ3n) is 2.74. The predicted molar refractivity (Wildman–Crippen MR) is 90.2 cm³/mol. The van der Waals surface area contributed by atoms with E-state index >= 15 is 0 Å². The summed E-state index contributed by atoms with van der Waals surface area (Å²) in [6.45, 7) is 3.04. The van der Waals surface area contributed by atoms with Crippen molar-refractivity contribution in [3.63, 3.8) is 0 Å². The summed E-state index contributed by atoms with van der Waals surface area (Å²) in [6.07, 6.45) is -0.644. The van der Waals surface area contributed by atoms with Crippen molar-refractivity contribution >= 4 is 37.5 Å². The zero-order chi connectivity index (χ0) is 15.8. The molecule has 2 unspecified atom stereocenters. The third kappa shape index (κ3) is 6.52. The maximum Gasteiger partial charge on any atom is 0.135 e. The van der Waals surface area contributed by atoms with Crippen LogP contribution >= 0.6 is 31.9 Å². The smallest absolute Gasteiger partial charge is 0.135 e. The highest BCUT2D eigenvalue weighted by molar-refractivity contribution is 9.11. The molecule has 120 valence electrons. The third-order valence-corrected chi connectivity index (χ3v) is 4.02. The summed E-state index contributed by atoms with van der Waals surface area (Å²) in [6, 6.07) is 3.75. The van der Waals surface area contributed by atoms with E-state index < -0.39 is 6.10 Å². The Morgan fingerprint density at radius 2 is 1.90 bits per heavy atom. The molecule has 0 saturated heterocycles. The summed E-state index contributed by atoms with van der Waals surface area (Å²) in [5.74, 6) is 0.722. The van der Waals surface area contributed by atoms with E-state index in [9.17, 15) is 5.11 Å². The SMILES string of the molecule is COCC(C)OCC(O)CNc1cc(OC)c(Br)cc1Br. The Balaban J connectivity index is 2.47. The Morgan fingerprint density at radius 3 is 2.52 bits per heavy atom. The van der Waals surface area contributed by atoms with Gasteiger partial charge in [-0.2, -0.15) is 0 Å². The van der Waals surface area contributed by atoms with Gasteiger partial charge in [0.2, 0.25) is 0 Å². The number of anilines is 1. The molecular formula is C14H21Br2NO4. The maximum absolute atomic E-state index is 9.92. The van der Waals surface area contributed by atoms with Crippen LogP contribution in [0.25, 0.3) is 0 Å². The van der Waals surface area contributed by atoms with Gasteiger partial charge in [0.15, 0.2) is 0 Å². The van der Waals surface area contributed by atoms with Gasteiger partial charge in [0.1, 0.15) is 5.75 Å². The fourth-order valence-corrected chi connectivity index (χ4v) is 2.96. The minimum absolute atomic E-state index is 0.0378. The molecule has 0 saturated carbocycles. The van der Waals surface area contributed by atoms with Crippen molar-refractivity contribution < 1.29 is 19.3 Å². The molecule has 0 bridgehead atoms. The van der Waals surface area contributed by atoms with Gasteiger partial charge in [0, 0.05) is 24.2 Å². The number of aliphatic hydroxyl groups is 1. The standard InChI is InChI=1S/C14H21Br2NO4/c1-9(7-19-2)21-8-10(18)6-17-13-5-14(20-3)12(16)4-11(13)15/h4-5,9-10,17-18H,6-8H2,1-3H3. The topological polar surface area (TPSA) is 60.0 Å². The maximum atomic E-state index is 9.92. The molecule has 1 rings (SSSR count). The Morgan fingerprint density at radius 1 is 1.19 bits per heavy atom. The van der Waals surface area contributed by atoms with Crippen LogP contribution in [0.5, 0.6) is 5.75 Å². The molecule has 1 aromatic carbocycles. The minimum Gasteiger partial charge on any atom is -0.495 e. The van der Waals surface area contributed by atoms with Gasteiger partial charge in [-0.3, -0.25) is 0 Å². The second-order valence-corrected chi connectivity index (χ2v) is 6.31. The minimum atomic E-state index is -0.606. The van der Waals surface area contributed by atoms with E-state index in [1.807, 2.05) is 19.1 Å². The lowest BCUT2D eigenvalue weighted by Gasteiger charge is -2.18. The largest absolute Gasteiger partial charge is 0.495 e. The van der Waals surface area contributed by atoms with Crippen molar-refractivity contribution in [1.82, 2.24) is 0 Å². The van der Waals surface area contributed by atoms with Gasteiger partial charge in [0.25, 0.3) is 0 Å². The zero-order valence-corrected chi connectivity index (χ0v) is 15.5. The van der Waals surface area contributed by atoms with E-state index in [2.05, 4.69) is 37.2 Å². The number of hydrogen-bond donors (Lipinski definition) is 2. The number of aliphatic hydroxyl groups excluding tert-OH is 1. The monoisotopic (exact) mass is 425 g/mol. The van der Waals surface area contributed by atoms with Crippen molar-refractivity contribution in [3.05, 3.63) is 21.1 Å². The van der Waals surface area contributed by atoms with Gasteiger partial charge in [0.05, 0.1) is 42.7 Å². The van der Waals surface area contributed by atoms with Crippen molar-refractivity contribution in [1.29, 1.82) is 0 Å². The molecule has 21 heavy (non-hydrogen) atoms. The number of rotatable bonds is 9. The molecule has 2 atom stereocenters. The summed E-state index contributed by atoms with van der Waals surface area (Å²) in [7, 11) is 3.23. The molecule has 0 amide bonds. The number of methoxy groups -OCH3 is 2. The normalized spacial score (nSPS) is 13.8. The first-order valence-corrected chi connectivity index (χ1v) is 8.12. The number of benzene rings is 1. The summed E-state index contributed by atoms with van der Waals surface area (Å²) < 4.78 is 17.4. The Bertz CT molecular complexity index is 445. The van der Waals surface area contributed by atoms with E-state index in [0.29, 0.717) is 13.2 Å². The van der Waals surface area contributed by atoms with Crippen LogP contribution in [0.15, 0.2) is 21.1 Å². The van der Waals surface area contributed by atoms with E-state index in [1.165, 1.54) is 0 Å². The lowest BCUT2D eigenvalue weighted by atomic mass is 10.3. The number of halogens is 2. The molecule has 5 nitrogen and oxygen atoms in total. The average Bonchev–Trinajstić information content (AvgIpc) is 2.44. The molecule has 0 aliphatic rings. The molecule has 0 aromatic heterocycles. The highest BCUT2D eigenvalue weighted by Gasteiger charge is 2.11. The van der Waals surface area contributed by atoms with Gasteiger partial charge in [-0.05, 0) is 44.8 Å². The molecule has 7 heteroatoms. The Kier molecular flexibility index (Phi) is 8.58. The van der Waals surface area contributed by atoms with Crippen LogP contribution in [0.1, 0.15) is 6.92 Å². The van der Waals surface area contributed by atoms with Crippen molar-refractivity contribution in [2.24, 2.45) is 0 Å². The first kappa shape index (κ1) is 18.7. The van der Waals surface area contributed by atoms with Gasteiger partial charge in [-0.25, -0.2) is 0 Å². The van der Waals surface area contributed by atoms with Crippen LogP contribution in [-0.2, 0) is 9.47 Å². The van der Waals surface area contributed by atoms with Gasteiger partial charge < -0.3 is 24.6 Å². The second kappa shape index (κ2) is 9.63. The summed E-state index contributed by atoms with van der Waals surface area (Å²) in [5.41, 5.74) is 0.846. The molecule has 1 aromatic rings. The fraction of sp³-hybridized carbons (Fsp3) is 0.571. The summed E-state index contributed by atoms with van der Waals surface area (Å²) in [5, 5.41) is 13.1. The van der Waals surface area contributed by atoms with Crippen LogP contribution in [-0.4, -0.2) is 51.3 Å². The lowest BCUT2D eigenvalue weighted by Crippen LogP contribution is -2.28. The first-order chi connectivity index (χ1) is 9.97.